The zero-order valence-corrected chi connectivity index (χ0v) is 18.2. The number of hydrogen-bond donors (Lipinski definition) is 2. The molecule has 0 saturated carbocycles. The summed E-state index contributed by atoms with van der Waals surface area (Å²) < 4.78 is 67.8. The molecule has 0 unspecified atom stereocenters. The van der Waals surface area contributed by atoms with Crippen LogP contribution in [0.1, 0.15) is 19.8 Å². The summed E-state index contributed by atoms with van der Waals surface area (Å²) in [6.45, 7) is 1.27. The molecule has 1 aliphatic heterocycles. The lowest BCUT2D eigenvalue weighted by molar-refractivity contribution is -0.153. The third-order valence-corrected chi connectivity index (χ3v) is 6.77. The van der Waals surface area contributed by atoms with Gasteiger partial charge in [0, 0.05) is 24.5 Å². The largest absolute Gasteiger partial charge is 0.484 e. The number of nitrogens with zero attached hydrogens (tertiary/aromatic N) is 1. The van der Waals surface area contributed by atoms with E-state index < -0.39 is 28.8 Å². The molecule has 0 aliphatic carbocycles. The van der Waals surface area contributed by atoms with E-state index in [0.717, 1.165) is 12.8 Å². The van der Waals surface area contributed by atoms with Crippen LogP contribution in [-0.4, -0.2) is 50.5 Å². The van der Waals surface area contributed by atoms with Gasteiger partial charge >= 0.3 is 6.18 Å². The van der Waals surface area contributed by atoms with Gasteiger partial charge in [-0.2, -0.15) is 17.5 Å². The number of rotatable bonds is 8. The number of anilines is 2. The molecule has 1 aliphatic rings. The molecule has 2 aromatic carbocycles. The van der Waals surface area contributed by atoms with Crippen LogP contribution < -0.4 is 15.4 Å². The van der Waals surface area contributed by atoms with Gasteiger partial charge in [0.2, 0.25) is 15.9 Å². The van der Waals surface area contributed by atoms with Crippen molar-refractivity contribution in [2.45, 2.75) is 36.9 Å². The van der Waals surface area contributed by atoms with E-state index in [0.29, 0.717) is 24.5 Å². The van der Waals surface area contributed by atoms with Crippen LogP contribution in [0.15, 0.2) is 53.4 Å². The van der Waals surface area contributed by atoms with Gasteiger partial charge in [-0.15, -0.1) is 0 Å². The third kappa shape index (κ3) is 6.36. The van der Waals surface area contributed by atoms with Crippen LogP contribution in [0.25, 0.3) is 0 Å². The molecule has 11 heteroatoms. The highest BCUT2D eigenvalue weighted by Crippen LogP contribution is 2.23. The Morgan fingerprint density at radius 2 is 1.59 bits per heavy atom. The molecule has 2 N–H and O–H groups in total. The number of carbonyl (C=O) groups is 1. The molecule has 0 aromatic heterocycles. The molecule has 0 spiro atoms. The molecular weight excluding hydrogens is 447 g/mol. The lowest BCUT2D eigenvalue weighted by atomic mass is 10.2. The molecule has 1 saturated heterocycles. The second-order valence-electron chi connectivity index (χ2n) is 7.42. The molecule has 0 bridgehead atoms. The second kappa shape index (κ2) is 9.78. The maximum atomic E-state index is 12.6. The summed E-state index contributed by atoms with van der Waals surface area (Å²) in [6.07, 6.45) is -2.72. The zero-order valence-electron chi connectivity index (χ0n) is 17.4. The molecule has 7 nitrogen and oxygen atoms in total. The van der Waals surface area contributed by atoms with Gasteiger partial charge in [-0.3, -0.25) is 4.79 Å². The molecule has 3 rings (SSSR count). The quantitative estimate of drug-likeness (QED) is 0.611. The Hall–Kier alpha value is -2.79. The van der Waals surface area contributed by atoms with Gasteiger partial charge in [0.05, 0.1) is 4.90 Å². The fourth-order valence-electron chi connectivity index (χ4n) is 3.17. The summed E-state index contributed by atoms with van der Waals surface area (Å²) in [5, 5.41) is 5.64. The summed E-state index contributed by atoms with van der Waals surface area (Å²) >= 11 is 0. The number of alkyl halides is 3. The summed E-state index contributed by atoms with van der Waals surface area (Å²) in [5.74, 6) is -0.300. The standard InChI is InChI=1S/C21H24F3N3O4S/c1-15(25-16-4-8-18(9-5-16)31-14-21(22,23)24)20(28)26-17-6-10-19(11-7-17)32(29,30)27-12-2-3-13-27/h4-11,15,25H,2-3,12-14H2,1H3,(H,26,28)/t15-/m1/s1. The molecule has 174 valence electrons. The van der Waals surface area contributed by atoms with E-state index in [9.17, 15) is 26.4 Å². The number of nitrogens with one attached hydrogen (secondary N) is 2. The van der Waals surface area contributed by atoms with Crippen LogP contribution in [-0.2, 0) is 14.8 Å². The Labute approximate surface area is 184 Å². The Morgan fingerprint density at radius 1 is 1.03 bits per heavy atom. The lowest BCUT2D eigenvalue weighted by Crippen LogP contribution is -2.32. The Balaban J connectivity index is 1.54. The molecule has 1 amide bonds. The van der Waals surface area contributed by atoms with Crippen molar-refractivity contribution in [2.24, 2.45) is 0 Å². The topological polar surface area (TPSA) is 87.7 Å². The van der Waals surface area contributed by atoms with Gasteiger partial charge in [0.15, 0.2) is 6.61 Å². The summed E-state index contributed by atoms with van der Waals surface area (Å²) in [7, 11) is -3.52. The average Bonchev–Trinajstić information content (AvgIpc) is 3.29. The Bertz CT molecular complexity index is 1020. The van der Waals surface area contributed by atoms with Crippen molar-refractivity contribution in [3.05, 3.63) is 48.5 Å². The number of hydrogen-bond acceptors (Lipinski definition) is 5. The minimum Gasteiger partial charge on any atom is -0.484 e. The predicted octanol–water partition coefficient (Wildman–Crippen LogP) is 3.85. The normalized spacial score (nSPS) is 15.9. The van der Waals surface area contributed by atoms with Gasteiger partial charge in [-0.05, 0) is 68.3 Å². The molecular formula is C21H24F3N3O4S. The zero-order chi connectivity index (χ0) is 23.4. The number of halogens is 3. The molecule has 1 heterocycles. The van der Waals surface area contributed by atoms with E-state index in [1.54, 1.807) is 6.92 Å². The number of benzene rings is 2. The molecule has 2 aromatic rings. The fourth-order valence-corrected chi connectivity index (χ4v) is 4.68. The van der Waals surface area contributed by atoms with Gasteiger partial charge < -0.3 is 15.4 Å². The van der Waals surface area contributed by atoms with Crippen LogP contribution in [0.3, 0.4) is 0 Å². The van der Waals surface area contributed by atoms with Gasteiger partial charge in [-0.25, -0.2) is 8.42 Å². The van der Waals surface area contributed by atoms with Crippen molar-refractivity contribution in [1.82, 2.24) is 4.31 Å². The van der Waals surface area contributed by atoms with Crippen LogP contribution >= 0.6 is 0 Å². The molecule has 1 fully saturated rings. The van der Waals surface area contributed by atoms with Crippen LogP contribution in [0.2, 0.25) is 0 Å². The summed E-state index contributed by atoms with van der Waals surface area (Å²) in [4.78, 5) is 12.6. The summed E-state index contributed by atoms with van der Waals surface area (Å²) in [6, 6.07) is 11.1. The van der Waals surface area contributed by atoms with Crippen LogP contribution in [0, 0.1) is 0 Å². The maximum Gasteiger partial charge on any atom is 0.422 e. The van der Waals surface area contributed by atoms with E-state index in [-0.39, 0.29) is 16.6 Å². The van der Waals surface area contributed by atoms with Crippen molar-refractivity contribution in [3.8, 4) is 5.75 Å². The predicted molar refractivity (Wildman–Crippen MR) is 114 cm³/mol. The Kier molecular flexibility index (Phi) is 7.29. The van der Waals surface area contributed by atoms with Gasteiger partial charge in [-0.1, -0.05) is 0 Å². The van der Waals surface area contributed by atoms with Crippen molar-refractivity contribution in [2.75, 3.05) is 30.3 Å². The van der Waals surface area contributed by atoms with Crippen LogP contribution in [0.4, 0.5) is 24.5 Å². The summed E-state index contributed by atoms with van der Waals surface area (Å²) in [5.41, 5.74) is 0.971. The highest BCUT2D eigenvalue weighted by Gasteiger charge is 2.28. The first-order valence-electron chi connectivity index (χ1n) is 10.0. The first kappa shape index (κ1) is 23.9. The Morgan fingerprint density at radius 3 is 2.16 bits per heavy atom. The van der Waals surface area contributed by atoms with Crippen molar-refractivity contribution < 1.29 is 31.1 Å². The third-order valence-electron chi connectivity index (χ3n) is 4.86. The average molecular weight is 472 g/mol. The fraction of sp³-hybridized carbons (Fsp3) is 0.381. The highest BCUT2D eigenvalue weighted by molar-refractivity contribution is 7.89. The van der Waals surface area contributed by atoms with E-state index in [2.05, 4.69) is 15.4 Å². The smallest absolute Gasteiger partial charge is 0.422 e. The minimum absolute atomic E-state index is 0.0638. The highest BCUT2D eigenvalue weighted by atomic mass is 32.2. The number of sulfonamides is 1. The van der Waals surface area contributed by atoms with E-state index >= 15 is 0 Å². The van der Waals surface area contributed by atoms with Crippen molar-refractivity contribution in [1.29, 1.82) is 0 Å². The van der Waals surface area contributed by atoms with E-state index in [4.69, 9.17) is 0 Å². The first-order chi connectivity index (χ1) is 15.0. The lowest BCUT2D eigenvalue weighted by Gasteiger charge is -2.17. The van der Waals surface area contributed by atoms with E-state index in [1.807, 2.05) is 0 Å². The van der Waals surface area contributed by atoms with Gasteiger partial charge in [0.1, 0.15) is 11.8 Å². The number of amides is 1. The monoisotopic (exact) mass is 471 g/mol. The molecule has 1 atom stereocenters. The number of ether oxygens (including phenoxy) is 1. The van der Waals surface area contributed by atoms with E-state index in [1.165, 1.54) is 52.8 Å². The van der Waals surface area contributed by atoms with Crippen LogP contribution in [0.5, 0.6) is 5.75 Å². The molecule has 32 heavy (non-hydrogen) atoms. The second-order valence-corrected chi connectivity index (χ2v) is 9.36. The first-order valence-corrected chi connectivity index (χ1v) is 11.5. The minimum atomic E-state index is -4.42. The molecule has 0 radical (unpaired) electrons. The van der Waals surface area contributed by atoms with Gasteiger partial charge in [0.25, 0.3) is 0 Å². The maximum absolute atomic E-state index is 12.6. The van der Waals surface area contributed by atoms with Crippen molar-refractivity contribution in [3.63, 3.8) is 0 Å². The number of carbonyl (C=O) groups excluding carboxylic acids is 1. The van der Waals surface area contributed by atoms with Crippen molar-refractivity contribution >= 4 is 27.3 Å². The SMILES string of the molecule is C[C@@H](Nc1ccc(OCC(F)(F)F)cc1)C(=O)Nc1ccc(S(=O)(=O)N2CCCC2)cc1.